The maximum absolute atomic E-state index is 13.1. The van der Waals surface area contributed by atoms with E-state index in [1.54, 1.807) is 18.3 Å². The number of rotatable bonds is 6. The van der Waals surface area contributed by atoms with E-state index in [1.807, 2.05) is 41.5 Å². The SMILES string of the molecule is Cc1cc(C(=O)CSc2nnc(-c3ccc(F)cc3)n2C)c(C)n1-c1nccs1. The zero-order valence-corrected chi connectivity index (χ0v) is 17.7. The minimum absolute atomic E-state index is 0.0252. The first kappa shape index (κ1) is 19.5. The van der Waals surface area contributed by atoms with Crippen molar-refractivity contribution in [3.8, 4) is 16.5 Å². The lowest BCUT2D eigenvalue weighted by Crippen LogP contribution is -2.06. The fourth-order valence-corrected chi connectivity index (χ4v) is 4.71. The summed E-state index contributed by atoms with van der Waals surface area (Å²) in [6.07, 6.45) is 1.75. The second-order valence-electron chi connectivity index (χ2n) is 6.52. The Bertz CT molecular complexity index is 1160. The number of aryl methyl sites for hydroxylation is 1. The average molecular weight is 428 g/mol. The van der Waals surface area contributed by atoms with E-state index >= 15 is 0 Å². The quantitative estimate of drug-likeness (QED) is 0.336. The number of carbonyl (C=O) groups is 1. The zero-order valence-electron chi connectivity index (χ0n) is 16.1. The number of nitrogens with zero attached hydrogens (tertiary/aromatic N) is 5. The molecular weight excluding hydrogens is 409 g/mol. The lowest BCUT2D eigenvalue weighted by molar-refractivity contribution is 0.102. The van der Waals surface area contributed by atoms with Crippen LogP contribution in [0, 0.1) is 19.7 Å². The number of benzene rings is 1. The standard InChI is InChI=1S/C20H18FN5OS2/c1-12-10-16(13(2)26(12)19-22-8-9-28-19)17(27)11-29-20-24-23-18(25(20)3)14-4-6-15(21)7-5-14/h4-10H,11H2,1-3H3. The molecule has 4 aromatic rings. The lowest BCUT2D eigenvalue weighted by atomic mass is 10.2. The number of hydrogen-bond acceptors (Lipinski definition) is 6. The predicted molar refractivity (Wildman–Crippen MR) is 112 cm³/mol. The second kappa shape index (κ2) is 7.92. The molecule has 9 heteroatoms. The largest absolute Gasteiger partial charge is 0.305 e. The molecule has 0 atom stereocenters. The molecule has 0 aliphatic carbocycles. The molecule has 0 aliphatic heterocycles. The molecule has 0 bridgehead atoms. The van der Waals surface area contributed by atoms with Crippen molar-refractivity contribution in [1.82, 2.24) is 24.3 Å². The van der Waals surface area contributed by atoms with Gasteiger partial charge in [0.25, 0.3) is 0 Å². The second-order valence-corrected chi connectivity index (χ2v) is 8.33. The van der Waals surface area contributed by atoms with Crippen LogP contribution in [0.1, 0.15) is 21.7 Å². The number of carbonyl (C=O) groups excluding carboxylic acids is 1. The predicted octanol–water partition coefficient (Wildman–Crippen LogP) is 4.46. The molecule has 3 aromatic heterocycles. The fourth-order valence-electron chi connectivity index (χ4n) is 3.16. The average Bonchev–Trinajstić information content (AvgIpc) is 3.41. The first-order chi connectivity index (χ1) is 14.0. The first-order valence-corrected chi connectivity index (χ1v) is 10.7. The van der Waals surface area contributed by atoms with Gasteiger partial charge in [0.05, 0.1) is 5.75 Å². The summed E-state index contributed by atoms with van der Waals surface area (Å²) < 4.78 is 16.9. The van der Waals surface area contributed by atoms with E-state index in [-0.39, 0.29) is 17.4 Å². The molecule has 0 saturated heterocycles. The molecule has 0 amide bonds. The lowest BCUT2D eigenvalue weighted by Gasteiger charge is -2.06. The number of hydrogen-bond donors (Lipinski definition) is 0. The molecule has 0 fully saturated rings. The van der Waals surface area contributed by atoms with E-state index in [0.717, 1.165) is 22.1 Å². The van der Waals surface area contributed by atoms with Crippen molar-refractivity contribution in [2.75, 3.05) is 5.75 Å². The molecule has 0 aliphatic rings. The summed E-state index contributed by atoms with van der Waals surface area (Å²) in [6.45, 7) is 3.90. The van der Waals surface area contributed by atoms with Gasteiger partial charge >= 0.3 is 0 Å². The van der Waals surface area contributed by atoms with Gasteiger partial charge in [0.15, 0.2) is 21.9 Å². The number of thioether (sulfide) groups is 1. The maximum atomic E-state index is 13.1. The summed E-state index contributed by atoms with van der Waals surface area (Å²) in [5, 5.41) is 11.8. The maximum Gasteiger partial charge on any atom is 0.193 e. The highest BCUT2D eigenvalue weighted by atomic mass is 32.2. The Morgan fingerprint density at radius 3 is 2.66 bits per heavy atom. The molecule has 0 saturated carbocycles. The van der Waals surface area contributed by atoms with Gasteiger partial charge in [-0.25, -0.2) is 9.37 Å². The van der Waals surface area contributed by atoms with Crippen LogP contribution in [0.3, 0.4) is 0 Å². The van der Waals surface area contributed by atoms with Crippen LogP contribution in [0.2, 0.25) is 0 Å². The number of thiazole rings is 1. The molecule has 148 valence electrons. The Morgan fingerprint density at radius 1 is 1.21 bits per heavy atom. The first-order valence-electron chi connectivity index (χ1n) is 8.86. The number of Topliss-reactive ketones (excluding diaryl/α,β-unsaturated/α-hetero) is 1. The van der Waals surface area contributed by atoms with Gasteiger partial charge in [-0.1, -0.05) is 11.8 Å². The van der Waals surface area contributed by atoms with E-state index in [9.17, 15) is 9.18 Å². The van der Waals surface area contributed by atoms with Crippen molar-refractivity contribution in [2.45, 2.75) is 19.0 Å². The van der Waals surface area contributed by atoms with Crippen LogP contribution >= 0.6 is 23.1 Å². The highest BCUT2D eigenvalue weighted by molar-refractivity contribution is 7.99. The highest BCUT2D eigenvalue weighted by Crippen LogP contribution is 2.26. The third kappa shape index (κ3) is 3.75. The molecule has 0 radical (unpaired) electrons. The Balaban J connectivity index is 1.51. The molecule has 3 heterocycles. The van der Waals surface area contributed by atoms with E-state index < -0.39 is 0 Å². The third-order valence-corrected chi connectivity index (χ3v) is 6.39. The normalized spacial score (nSPS) is 11.2. The van der Waals surface area contributed by atoms with Gasteiger partial charge in [-0.05, 0) is 44.2 Å². The topological polar surface area (TPSA) is 65.6 Å². The van der Waals surface area contributed by atoms with Gasteiger partial charge in [0.1, 0.15) is 5.82 Å². The smallest absolute Gasteiger partial charge is 0.193 e. The Morgan fingerprint density at radius 2 is 1.97 bits per heavy atom. The molecule has 0 N–H and O–H groups in total. The van der Waals surface area contributed by atoms with Crippen LogP contribution in [0.25, 0.3) is 16.5 Å². The monoisotopic (exact) mass is 427 g/mol. The molecule has 1 aromatic carbocycles. The van der Waals surface area contributed by atoms with Gasteiger partial charge in [-0.15, -0.1) is 21.5 Å². The Labute approximate surface area is 175 Å². The van der Waals surface area contributed by atoms with E-state index in [4.69, 9.17) is 0 Å². The van der Waals surface area contributed by atoms with Crippen LogP contribution in [-0.4, -0.2) is 35.9 Å². The number of ketones is 1. The highest BCUT2D eigenvalue weighted by Gasteiger charge is 2.19. The van der Waals surface area contributed by atoms with Crippen molar-refractivity contribution in [1.29, 1.82) is 0 Å². The van der Waals surface area contributed by atoms with Crippen LogP contribution in [0.5, 0.6) is 0 Å². The Kier molecular flexibility index (Phi) is 5.33. The van der Waals surface area contributed by atoms with Gasteiger partial charge in [-0.3, -0.25) is 9.36 Å². The van der Waals surface area contributed by atoms with E-state index in [2.05, 4.69) is 15.2 Å². The summed E-state index contributed by atoms with van der Waals surface area (Å²) in [7, 11) is 1.83. The van der Waals surface area contributed by atoms with Gasteiger partial charge in [-0.2, -0.15) is 0 Å². The molecule has 0 spiro atoms. The number of aromatic nitrogens is 5. The van der Waals surface area contributed by atoms with Crippen LogP contribution in [-0.2, 0) is 7.05 Å². The number of halogens is 1. The van der Waals surface area contributed by atoms with Gasteiger partial charge in [0.2, 0.25) is 0 Å². The van der Waals surface area contributed by atoms with Crippen LogP contribution in [0.15, 0.2) is 47.1 Å². The van der Waals surface area contributed by atoms with Crippen molar-refractivity contribution in [2.24, 2.45) is 7.05 Å². The molecule has 6 nitrogen and oxygen atoms in total. The Hall–Kier alpha value is -2.78. The molecule has 0 unspecified atom stereocenters. The van der Waals surface area contributed by atoms with E-state index in [1.165, 1.54) is 35.2 Å². The van der Waals surface area contributed by atoms with E-state index in [0.29, 0.717) is 16.5 Å². The summed E-state index contributed by atoms with van der Waals surface area (Å²) in [5.74, 6) is 0.600. The fraction of sp³-hybridized carbons (Fsp3) is 0.200. The van der Waals surface area contributed by atoms with Crippen molar-refractivity contribution >= 4 is 28.9 Å². The molecule has 4 rings (SSSR count). The molecule has 29 heavy (non-hydrogen) atoms. The van der Waals surface area contributed by atoms with Crippen LogP contribution in [0.4, 0.5) is 4.39 Å². The van der Waals surface area contributed by atoms with Crippen LogP contribution < -0.4 is 0 Å². The van der Waals surface area contributed by atoms with Gasteiger partial charge in [0, 0.05) is 41.1 Å². The minimum atomic E-state index is -0.300. The van der Waals surface area contributed by atoms with Crippen molar-refractivity contribution < 1.29 is 9.18 Å². The zero-order chi connectivity index (χ0) is 20.5. The van der Waals surface area contributed by atoms with Crippen molar-refractivity contribution in [3.05, 3.63) is 64.7 Å². The minimum Gasteiger partial charge on any atom is -0.305 e. The van der Waals surface area contributed by atoms with Gasteiger partial charge < -0.3 is 4.57 Å². The summed E-state index contributed by atoms with van der Waals surface area (Å²) in [4.78, 5) is 17.2. The molecular formula is C20H18FN5OS2. The summed E-state index contributed by atoms with van der Waals surface area (Å²) in [5.41, 5.74) is 3.31. The summed E-state index contributed by atoms with van der Waals surface area (Å²) >= 11 is 2.87. The summed E-state index contributed by atoms with van der Waals surface area (Å²) in [6, 6.07) is 8.00. The third-order valence-electron chi connectivity index (χ3n) is 4.61. The van der Waals surface area contributed by atoms with Crippen molar-refractivity contribution in [3.63, 3.8) is 0 Å².